The summed E-state index contributed by atoms with van der Waals surface area (Å²) in [5.74, 6) is 1.68. The molecule has 0 amide bonds. The van der Waals surface area contributed by atoms with E-state index in [0.29, 0.717) is 6.16 Å². The molecular weight excluding hydrogens is 463 g/mol. The van der Waals surface area contributed by atoms with Crippen LogP contribution < -0.4 is 9.05 Å². The van der Waals surface area contributed by atoms with Crippen molar-refractivity contribution in [2.75, 3.05) is 6.16 Å². The fraction of sp³-hybridized carbons (Fsp3) is 0.625. The summed E-state index contributed by atoms with van der Waals surface area (Å²) in [6.07, 6.45) is 13.8. The number of aryl methyl sites for hydroxylation is 6. The van der Waals surface area contributed by atoms with Gasteiger partial charge >= 0.3 is 223 Å². The first-order valence-electron chi connectivity index (χ1n) is 14.7. The molecule has 36 heavy (non-hydrogen) atoms. The second-order valence-corrected chi connectivity index (χ2v) is 13.0. The Morgan fingerprint density at radius 2 is 0.944 bits per heavy atom. The Balaban J connectivity index is 2.42. The van der Waals surface area contributed by atoms with Crippen molar-refractivity contribution in [1.29, 1.82) is 0 Å². The topological polar surface area (TPSA) is 38.7 Å². The summed E-state index contributed by atoms with van der Waals surface area (Å²) in [4.78, 5) is 11.8. The summed E-state index contributed by atoms with van der Waals surface area (Å²) in [6.45, 7) is 15.1. The molecule has 2 aromatic carbocycles. The zero-order valence-electron chi connectivity index (χ0n) is 24.3. The van der Waals surface area contributed by atoms with Crippen LogP contribution in [0.25, 0.3) is 0 Å². The van der Waals surface area contributed by atoms with Crippen LogP contribution in [-0.4, -0.2) is 11.1 Å². The molecule has 0 radical (unpaired) electrons. The Bertz CT molecular complexity index is 866. The summed E-state index contributed by atoms with van der Waals surface area (Å²) in [5.41, 5.74) is 7.38. The maximum absolute atomic E-state index is 11.8. The molecule has 0 aliphatic rings. The zero-order chi connectivity index (χ0) is 26.6. The van der Waals surface area contributed by atoms with Crippen molar-refractivity contribution in [2.24, 2.45) is 0 Å². The Kier molecular flexibility index (Phi) is 13.3. The molecule has 0 fully saturated rings. The van der Waals surface area contributed by atoms with E-state index in [0.717, 1.165) is 74.0 Å². The molecule has 0 saturated heterocycles. The van der Waals surface area contributed by atoms with Gasteiger partial charge in [0, 0.05) is 0 Å². The first-order chi connectivity index (χ1) is 17.3. The van der Waals surface area contributed by atoms with Crippen molar-refractivity contribution in [1.82, 2.24) is 0 Å². The molecule has 2 aromatic rings. The van der Waals surface area contributed by atoms with E-state index in [2.05, 4.69) is 65.8 Å². The Morgan fingerprint density at radius 3 is 1.28 bits per heavy atom. The maximum atomic E-state index is 11.8. The van der Waals surface area contributed by atoms with Crippen LogP contribution in [0.1, 0.15) is 119 Å². The van der Waals surface area contributed by atoms with E-state index in [1.807, 2.05) is 6.92 Å². The van der Waals surface area contributed by atoms with Gasteiger partial charge in [-0.1, -0.05) is 0 Å². The van der Waals surface area contributed by atoms with Crippen LogP contribution in [0.2, 0.25) is 0 Å². The molecule has 0 atom stereocenters. The molecule has 204 valence electrons. The molecular formula is C32H53O3P. The molecule has 0 spiro atoms. The SMILES string of the molecule is CCCCc1cc(C)c(O[PH](O)(CC)Oc2c(C)cc(CCCC)cc2CCCC)c(CCCC)c1. The molecule has 0 bridgehead atoms. The molecule has 0 aromatic heterocycles. The van der Waals surface area contributed by atoms with Gasteiger partial charge in [0.05, 0.1) is 0 Å². The first-order valence-corrected chi connectivity index (χ1v) is 16.6. The van der Waals surface area contributed by atoms with E-state index < -0.39 is 7.94 Å². The van der Waals surface area contributed by atoms with Gasteiger partial charge in [-0.25, -0.2) is 0 Å². The van der Waals surface area contributed by atoms with Gasteiger partial charge in [-0.2, -0.15) is 0 Å². The fourth-order valence-corrected chi connectivity index (χ4v) is 6.34. The molecule has 0 heterocycles. The molecule has 0 aliphatic heterocycles. The van der Waals surface area contributed by atoms with Crippen molar-refractivity contribution in [3.8, 4) is 11.5 Å². The number of unbranched alkanes of at least 4 members (excludes halogenated alkanes) is 4. The van der Waals surface area contributed by atoms with Gasteiger partial charge in [0.25, 0.3) is 0 Å². The van der Waals surface area contributed by atoms with Crippen LogP contribution in [-0.2, 0) is 25.7 Å². The van der Waals surface area contributed by atoms with Crippen molar-refractivity contribution >= 4 is 7.94 Å². The van der Waals surface area contributed by atoms with Crippen LogP contribution in [0.5, 0.6) is 11.5 Å². The monoisotopic (exact) mass is 516 g/mol. The van der Waals surface area contributed by atoms with Gasteiger partial charge in [-0.3, -0.25) is 0 Å². The number of benzene rings is 2. The molecule has 3 nitrogen and oxygen atoms in total. The summed E-state index contributed by atoms with van der Waals surface area (Å²) in [5, 5.41) is 0. The van der Waals surface area contributed by atoms with E-state index in [1.54, 1.807) is 0 Å². The second-order valence-electron chi connectivity index (χ2n) is 10.5. The molecule has 1 N–H and O–H groups in total. The van der Waals surface area contributed by atoms with Crippen molar-refractivity contribution in [3.05, 3.63) is 57.6 Å². The van der Waals surface area contributed by atoms with Crippen LogP contribution >= 0.6 is 7.94 Å². The van der Waals surface area contributed by atoms with E-state index in [9.17, 15) is 4.89 Å². The second kappa shape index (κ2) is 15.6. The average molecular weight is 517 g/mol. The molecule has 0 unspecified atom stereocenters. The van der Waals surface area contributed by atoms with Crippen LogP contribution in [0, 0.1) is 13.8 Å². The zero-order valence-corrected chi connectivity index (χ0v) is 25.3. The summed E-state index contributed by atoms with van der Waals surface area (Å²) in [7, 11) is -3.49. The van der Waals surface area contributed by atoms with Gasteiger partial charge in [-0.15, -0.1) is 0 Å². The first kappa shape index (κ1) is 30.7. The Hall–Kier alpha value is -1.57. The van der Waals surface area contributed by atoms with E-state index >= 15 is 0 Å². The predicted octanol–water partition coefficient (Wildman–Crippen LogP) is 9.64. The van der Waals surface area contributed by atoms with Crippen molar-refractivity contribution < 1.29 is 13.9 Å². The van der Waals surface area contributed by atoms with E-state index in [4.69, 9.17) is 9.05 Å². The van der Waals surface area contributed by atoms with Crippen molar-refractivity contribution in [3.63, 3.8) is 0 Å². The van der Waals surface area contributed by atoms with Crippen molar-refractivity contribution in [2.45, 2.75) is 126 Å². The van der Waals surface area contributed by atoms with Gasteiger partial charge in [0.2, 0.25) is 0 Å². The summed E-state index contributed by atoms with van der Waals surface area (Å²) in [6, 6.07) is 9.09. The quantitative estimate of drug-likeness (QED) is 0.213. The van der Waals surface area contributed by atoms with E-state index in [1.165, 1.54) is 47.9 Å². The minimum atomic E-state index is -3.49. The normalized spacial score (nSPS) is 12.1. The Labute approximate surface area is 222 Å². The number of hydrogen-bond donors (Lipinski definition) is 1. The number of hydrogen-bond acceptors (Lipinski definition) is 3. The number of rotatable bonds is 17. The third-order valence-corrected chi connectivity index (χ3v) is 8.97. The van der Waals surface area contributed by atoms with Gasteiger partial charge in [0.15, 0.2) is 0 Å². The third-order valence-electron chi connectivity index (χ3n) is 7.03. The van der Waals surface area contributed by atoms with E-state index in [-0.39, 0.29) is 0 Å². The van der Waals surface area contributed by atoms with Gasteiger partial charge in [-0.05, 0) is 0 Å². The molecule has 2 rings (SSSR count). The standard InChI is InChI=1S/C32H53O3P/c1-8-13-17-27-21-25(6)31(29(23-27)19-15-10-3)34-36(33,12-5)35-32-26(7)22-28(18-14-9-2)24-30(32)20-16-11-4/h21-24,33,36H,8-20H2,1-7H3. The Morgan fingerprint density at radius 1 is 0.583 bits per heavy atom. The van der Waals surface area contributed by atoms with Crippen LogP contribution in [0.15, 0.2) is 24.3 Å². The molecule has 0 saturated carbocycles. The molecule has 0 aliphatic carbocycles. The van der Waals surface area contributed by atoms with Gasteiger partial charge < -0.3 is 0 Å². The van der Waals surface area contributed by atoms with Gasteiger partial charge in [0.1, 0.15) is 0 Å². The predicted molar refractivity (Wildman–Crippen MR) is 159 cm³/mol. The van der Waals surface area contributed by atoms with Crippen LogP contribution in [0.4, 0.5) is 0 Å². The fourth-order valence-electron chi connectivity index (χ4n) is 4.79. The van der Waals surface area contributed by atoms with Crippen LogP contribution in [0.3, 0.4) is 0 Å². The molecule has 4 heteroatoms. The average Bonchev–Trinajstić information content (AvgIpc) is 2.87. The third kappa shape index (κ3) is 9.07. The summed E-state index contributed by atoms with van der Waals surface area (Å²) < 4.78 is 13.1. The minimum absolute atomic E-state index is 0.474. The summed E-state index contributed by atoms with van der Waals surface area (Å²) >= 11 is 0.